The third-order valence-corrected chi connectivity index (χ3v) is 2.44. The van der Waals surface area contributed by atoms with Crippen molar-refractivity contribution in [1.82, 2.24) is 5.32 Å². The summed E-state index contributed by atoms with van der Waals surface area (Å²) in [5, 5.41) is 3.41. The van der Waals surface area contributed by atoms with Gasteiger partial charge >= 0.3 is 0 Å². The van der Waals surface area contributed by atoms with E-state index in [1.807, 2.05) is 18.2 Å². The van der Waals surface area contributed by atoms with Crippen molar-refractivity contribution in [3.8, 4) is 5.75 Å². The molecule has 84 valence electrons. The predicted molar refractivity (Wildman–Crippen MR) is 63.1 cm³/mol. The third-order valence-electron chi connectivity index (χ3n) is 2.44. The second-order valence-corrected chi connectivity index (χ2v) is 3.56. The Balaban J connectivity index is 2.59. The lowest BCUT2D eigenvalue weighted by molar-refractivity contribution is 0.401. The van der Waals surface area contributed by atoms with Gasteiger partial charge in [0.05, 0.1) is 7.11 Å². The van der Waals surface area contributed by atoms with E-state index in [4.69, 9.17) is 10.5 Å². The summed E-state index contributed by atoms with van der Waals surface area (Å²) in [5.74, 6) is 0.935. The first-order chi connectivity index (χ1) is 7.29. The predicted octanol–water partition coefficient (Wildman–Crippen LogP) is 1.69. The van der Waals surface area contributed by atoms with Gasteiger partial charge in [0.1, 0.15) is 5.75 Å². The van der Waals surface area contributed by atoms with Gasteiger partial charge in [0.25, 0.3) is 0 Å². The highest BCUT2D eigenvalue weighted by molar-refractivity contribution is 5.35. The molecule has 1 aromatic carbocycles. The second-order valence-electron chi connectivity index (χ2n) is 3.56. The van der Waals surface area contributed by atoms with Crippen molar-refractivity contribution in [2.24, 2.45) is 5.73 Å². The van der Waals surface area contributed by atoms with Gasteiger partial charge in [0.2, 0.25) is 0 Å². The fraction of sp³-hybridized carbons (Fsp3) is 0.500. The number of nitrogens with two attached hydrogens (primary N) is 1. The van der Waals surface area contributed by atoms with Crippen LogP contribution in [0, 0.1) is 0 Å². The molecule has 0 bridgehead atoms. The monoisotopic (exact) mass is 208 g/mol. The van der Waals surface area contributed by atoms with Gasteiger partial charge < -0.3 is 15.8 Å². The number of para-hydroxylation sites is 1. The summed E-state index contributed by atoms with van der Waals surface area (Å²) in [7, 11) is 1.70. The maximum Gasteiger partial charge on any atom is 0.123 e. The maximum atomic E-state index is 5.44. The van der Waals surface area contributed by atoms with E-state index in [9.17, 15) is 0 Å². The van der Waals surface area contributed by atoms with Gasteiger partial charge in [-0.2, -0.15) is 0 Å². The highest BCUT2D eigenvalue weighted by Gasteiger charge is 2.08. The molecule has 0 aromatic heterocycles. The number of nitrogens with one attached hydrogen (secondary N) is 1. The van der Waals surface area contributed by atoms with Crippen LogP contribution in [0.4, 0.5) is 0 Å². The molecule has 1 rings (SSSR count). The summed E-state index contributed by atoms with van der Waals surface area (Å²) < 4.78 is 5.31. The summed E-state index contributed by atoms with van der Waals surface area (Å²) in [4.78, 5) is 0. The molecule has 0 spiro atoms. The summed E-state index contributed by atoms with van der Waals surface area (Å²) >= 11 is 0. The van der Waals surface area contributed by atoms with Crippen LogP contribution in [-0.4, -0.2) is 20.2 Å². The zero-order valence-corrected chi connectivity index (χ0v) is 9.49. The molecule has 0 saturated carbocycles. The summed E-state index contributed by atoms with van der Waals surface area (Å²) in [6.07, 6.45) is 0.999. The lowest BCUT2D eigenvalue weighted by atomic mass is 10.1. The Labute approximate surface area is 91.6 Å². The fourth-order valence-electron chi connectivity index (χ4n) is 1.55. The van der Waals surface area contributed by atoms with Gasteiger partial charge in [-0.3, -0.25) is 0 Å². The molecule has 0 amide bonds. The van der Waals surface area contributed by atoms with Crippen LogP contribution in [0.1, 0.15) is 24.9 Å². The second kappa shape index (κ2) is 6.43. The lowest BCUT2D eigenvalue weighted by Crippen LogP contribution is -2.22. The first kappa shape index (κ1) is 12.0. The maximum absolute atomic E-state index is 5.44. The molecule has 0 aliphatic carbocycles. The molecule has 1 atom stereocenters. The van der Waals surface area contributed by atoms with Crippen molar-refractivity contribution in [2.45, 2.75) is 19.4 Å². The Morgan fingerprint density at radius 3 is 2.80 bits per heavy atom. The normalized spacial score (nSPS) is 12.5. The first-order valence-electron chi connectivity index (χ1n) is 5.36. The number of methoxy groups -OCH3 is 1. The standard InChI is InChI=1S/C12H20N2O/c1-10(14-9-5-8-13)11-6-3-4-7-12(11)15-2/h3-4,6-7,10,14H,5,8-9,13H2,1-2H3/t10-/m1/s1. The molecule has 0 aliphatic heterocycles. The van der Waals surface area contributed by atoms with Crippen molar-refractivity contribution < 1.29 is 4.74 Å². The topological polar surface area (TPSA) is 47.3 Å². The van der Waals surface area contributed by atoms with E-state index in [2.05, 4.69) is 18.3 Å². The molecular formula is C12H20N2O. The van der Waals surface area contributed by atoms with Crippen molar-refractivity contribution >= 4 is 0 Å². The molecule has 1 aromatic rings. The molecule has 3 heteroatoms. The van der Waals surface area contributed by atoms with Crippen molar-refractivity contribution in [2.75, 3.05) is 20.2 Å². The Morgan fingerprint density at radius 2 is 2.13 bits per heavy atom. The van der Waals surface area contributed by atoms with Crippen LogP contribution in [0.3, 0.4) is 0 Å². The van der Waals surface area contributed by atoms with Gasteiger partial charge in [0, 0.05) is 11.6 Å². The molecule has 3 nitrogen and oxygen atoms in total. The van der Waals surface area contributed by atoms with Crippen molar-refractivity contribution in [3.63, 3.8) is 0 Å². The van der Waals surface area contributed by atoms with Crippen LogP contribution in [0.25, 0.3) is 0 Å². The van der Waals surface area contributed by atoms with Crippen LogP contribution < -0.4 is 15.8 Å². The van der Waals surface area contributed by atoms with Crippen LogP contribution >= 0.6 is 0 Å². The molecule has 0 radical (unpaired) electrons. The molecular weight excluding hydrogens is 188 g/mol. The summed E-state index contributed by atoms with van der Waals surface area (Å²) in [6.45, 7) is 3.80. The van der Waals surface area contributed by atoms with Crippen LogP contribution in [0.15, 0.2) is 24.3 Å². The molecule has 15 heavy (non-hydrogen) atoms. The van der Waals surface area contributed by atoms with Crippen LogP contribution in [-0.2, 0) is 0 Å². The lowest BCUT2D eigenvalue weighted by Gasteiger charge is -2.16. The average molecular weight is 208 g/mol. The fourth-order valence-corrected chi connectivity index (χ4v) is 1.55. The van der Waals surface area contributed by atoms with E-state index in [1.165, 1.54) is 5.56 Å². The Morgan fingerprint density at radius 1 is 1.40 bits per heavy atom. The van der Waals surface area contributed by atoms with E-state index < -0.39 is 0 Å². The number of hydrogen-bond donors (Lipinski definition) is 2. The van der Waals surface area contributed by atoms with Gasteiger partial charge in [-0.25, -0.2) is 0 Å². The van der Waals surface area contributed by atoms with E-state index >= 15 is 0 Å². The SMILES string of the molecule is COc1ccccc1[C@@H](C)NCCCN. The van der Waals surface area contributed by atoms with Gasteiger partial charge in [-0.15, -0.1) is 0 Å². The van der Waals surface area contributed by atoms with Gasteiger partial charge in [-0.1, -0.05) is 18.2 Å². The Bertz CT molecular complexity index is 289. The number of hydrogen-bond acceptors (Lipinski definition) is 3. The van der Waals surface area contributed by atoms with E-state index in [1.54, 1.807) is 7.11 Å². The molecule has 0 unspecified atom stereocenters. The highest BCUT2D eigenvalue weighted by Crippen LogP contribution is 2.23. The molecule has 0 saturated heterocycles. The molecule has 0 fully saturated rings. The summed E-state index contributed by atoms with van der Waals surface area (Å²) in [6, 6.07) is 8.37. The molecule has 3 N–H and O–H groups in total. The Kier molecular flexibility index (Phi) is 5.15. The minimum Gasteiger partial charge on any atom is -0.496 e. The Hall–Kier alpha value is -1.06. The van der Waals surface area contributed by atoms with E-state index in [0.717, 1.165) is 25.3 Å². The minimum atomic E-state index is 0.299. The van der Waals surface area contributed by atoms with E-state index in [-0.39, 0.29) is 0 Å². The van der Waals surface area contributed by atoms with Gasteiger partial charge in [-0.05, 0) is 32.5 Å². The van der Waals surface area contributed by atoms with Gasteiger partial charge in [0.15, 0.2) is 0 Å². The number of ether oxygens (including phenoxy) is 1. The first-order valence-corrected chi connectivity index (χ1v) is 5.36. The number of benzene rings is 1. The minimum absolute atomic E-state index is 0.299. The van der Waals surface area contributed by atoms with Crippen LogP contribution in [0.2, 0.25) is 0 Å². The largest absolute Gasteiger partial charge is 0.496 e. The van der Waals surface area contributed by atoms with Crippen molar-refractivity contribution in [1.29, 1.82) is 0 Å². The summed E-state index contributed by atoms with van der Waals surface area (Å²) in [5.41, 5.74) is 6.64. The van der Waals surface area contributed by atoms with Crippen LogP contribution in [0.5, 0.6) is 5.75 Å². The smallest absolute Gasteiger partial charge is 0.123 e. The molecule has 0 heterocycles. The zero-order chi connectivity index (χ0) is 11.1. The quantitative estimate of drug-likeness (QED) is 0.699. The van der Waals surface area contributed by atoms with Crippen molar-refractivity contribution in [3.05, 3.63) is 29.8 Å². The highest BCUT2D eigenvalue weighted by atomic mass is 16.5. The van der Waals surface area contributed by atoms with E-state index in [0.29, 0.717) is 6.04 Å². The zero-order valence-electron chi connectivity index (χ0n) is 9.49. The average Bonchev–Trinajstić information content (AvgIpc) is 2.29. The number of rotatable bonds is 6. The third kappa shape index (κ3) is 3.53. The molecule has 0 aliphatic rings.